The molecule has 0 amide bonds. The maximum absolute atomic E-state index is 6.07. The van der Waals surface area contributed by atoms with Gasteiger partial charge < -0.3 is 10.5 Å². The number of aryl methyl sites for hydroxylation is 4. The molecule has 1 heterocycles. The Hall–Kier alpha value is -1.81. The highest BCUT2D eigenvalue weighted by molar-refractivity contribution is 5.46. The monoisotopic (exact) mass is 287 g/mol. The molecule has 4 nitrogen and oxygen atoms in total. The molecule has 0 radical (unpaired) electrons. The zero-order valence-corrected chi connectivity index (χ0v) is 13.6. The fraction of sp³-hybridized carbons (Fsp3) is 0.471. The lowest BCUT2D eigenvalue weighted by atomic mass is 9.91. The Kier molecular flexibility index (Phi) is 4.68. The van der Waals surface area contributed by atoms with Crippen molar-refractivity contribution in [3.8, 4) is 5.75 Å². The Balaban J connectivity index is 2.56. The molecule has 2 aromatic rings. The van der Waals surface area contributed by atoms with E-state index < -0.39 is 0 Å². The predicted octanol–water partition coefficient (Wildman–Crippen LogP) is 2.83. The summed E-state index contributed by atoms with van der Waals surface area (Å²) in [5, 5.41) is 4.44. The standard InChI is InChI=1S/C17H25N3O/c1-6-21-17-8-12(3)11(2)7-14(17)15(10-18)16-9-13(4)19-20(16)5/h7-9,15H,6,10,18H2,1-5H3. The van der Waals surface area contributed by atoms with Crippen LogP contribution >= 0.6 is 0 Å². The molecule has 4 heteroatoms. The molecule has 21 heavy (non-hydrogen) atoms. The summed E-state index contributed by atoms with van der Waals surface area (Å²) in [6, 6.07) is 6.41. The molecule has 1 unspecified atom stereocenters. The van der Waals surface area contributed by atoms with Gasteiger partial charge in [-0.1, -0.05) is 6.07 Å². The molecular weight excluding hydrogens is 262 g/mol. The van der Waals surface area contributed by atoms with Gasteiger partial charge in [0, 0.05) is 30.8 Å². The Morgan fingerprint density at radius 2 is 1.86 bits per heavy atom. The van der Waals surface area contributed by atoms with Crippen LogP contribution in [0.2, 0.25) is 0 Å². The molecule has 0 bridgehead atoms. The third-order valence-corrected chi connectivity index (χ3v) is 3.93. The highest BCUT2D eigenvalue weighted by Crippen LogP contribution is 2.33. The van der Waals surface area contributed by atoms with Crippen LogP contribution in [0, 0.1) is 20.8 Å². The second kappa shape index (κ2) is 6.31. The van der Waals surface area contributed by atoms with Gasteiger partial charge >= 0.3 is 0 Å². The number of nitrogens with zero attached hydrogens (tertiary/aromatic N) is 2. The Morgan fingerprint density at radius 3 is 2.38 bits per heavy atom. The summed E-state index contributed by atoms with van der Waals surface area (Å²) in [5.74, 6) is 1.02. The van der Waals surface area contributed by atoms with E-state index in [4.69, 9.17) is 10.5 Å². The maximum atomic E-state index is 6.07. The van der Waals surface area contributed by atoms with Crippen LogP contribution < -0.4 is 10.5 Å². The first-order valence-corrected chi connectivity index (χ1v) is 7.42. The van der Waals surface area contributed by atoms with Crippen LogP contribution in [0.4, 0.5) is 0 Å². The topological polar surface area (TPSA) is 53.1 Å². The van der Waals surface area contributed by atoms with Crippen molar-refractivity contribution in [1.82, 2.24) is 9.78 Å². The molecule has 2 N–H and O–H groups in total. The number of ether oxygens (including phenoxy) is 1. The summed E-state index contributed by atoms with van der Waals surface area (Å²) in [7, 11) is 1.96. The van der Waals surface area contributed by atoms with Crippen molar-refractivity contribution >= 4 is 0 Å². The summed E-state index contributed by atoms with van der Waals surface area (Å²) in [6.45, 7) is 9.41. The number of aromatic nitrogens is 2. The normalized spacial score (nSPS) is 12.5. The highest BCUT2D eigenvalue weighted by Gasteiger charge is 2.21. The number of hydrogen-bond donors (Lipinski definition) is 1. The van der Waals surface area contributed by atoms with Crippen LogP contribution in [0.5, 0.6) is 5.75 Å². The van der Waals surface area contributed by atoms with Gasteiger partial charge in [0.05, 0.1) is 12.3 Å². The first-order chi connectivity index (χ1) is 9.97. The number of benzene rings is 1. The fourth-order valence-corrected chi connectivity index (χ4v) is 2.73. The molecule has 1 atom stereocenters. The smallest absolute Gasteiger partial charge is 0.123 e. The van der Waals surface area contributed by atoms with Gasteiger partial charge in [0.15, 0.2) is 0 Å². The summed E-state index contributed by atoms with van der Waals surface area (Å²) >= 11 is 0. The van der Waals surface area contributed by atoms with Crippen molar-refractivity contribution in [1.29, 1.82) is 0 Å². The van der Waals surface area contributed by atoms with Crippen molar-refractivity contribution in [2.24, 2.45) is 12.8 Å². The second-order valence-corrected chi connectivity index (χ2v) is 5.53. The minimum Gasteiger partial charge on any atom is -0.494 e. The van der Waals surface area contributed by atoms with Gasteiger partial charge in [0.25, 0.3) is 0 Å². The van der Waals surface area contributed by atoms with Crippen molar-refractivity contribution in [2.75, 3.05) is 13.2 Å². The van der Waals surface area contributed by atoms with Crippen LogP contribution in [-0.4, -0.2) is 22.9 Å². The van der Waals surface area contributed by atoms with Gasteiger partial charge in [0.2, 0.25) is 0 Å². The van der Waals surface area contributed by atoms with Crippen LogP contribution in [0.3, 0.4) is 0 Å². The van der Waals surface area contributed by atoms with E-state index in [1.54, 1.807) is 0 Å². The van der Waals surface area contributed by atoms with E-state index in [-0.39, 0.29) is 5.92 Å². The molecule has 0 aliphatic carbocycles. The van der Waals surface area contributed by atoms with Gasteiger partial charge in [0.1, 0.15) is 5.75 Å². The highest BCUT2D eigenvalue weighted by atomic mass is 16.5. The third-order valence-electron chi connectivity index (χ3n) is 3.93. The Bertz CT molecular complexity index is 631. The molecule has 0 saturated carbocycles. The molecule has 0 saturated heterocycles. The van der Waals surface area contributed by atoms with E-state index in [2.05, 4.69) is 37.1 Å². The predicted molar refractivity (Wildman–Crippen MR) is 85.9 cm³/mol. The summed E-state index contributed by atoms with van der Waals surface area (Å²) in [4.78, 5) is 0. The van der Waals surface area contributed by atoms with E-state index in [9.17, 15) is 0 Å². The van der Waals surface area contributed by atoms with E-state index in [1.807, 2.05) is 25.6 Å². The van der Waals surface area contributed by atoms with Gasteiger partial charge in [-0.2, -0.15) is 5.10 Å². The first kappa shape index (κ1) is 15.6. The van der Waals surface area contributed by atoms with Crippen molar-refractivity contribution in [3.05, 3.63) is 46.3 Å². The average Bonchev–Trinajstić information content (AvgIpc) is 2.75. The molecule has 1 aromatic heterocycles. The number of nitrogens with two attached hydrogens (primary N) is 1. The Morgan fingerprint density at radius 1 is 1.19 bits per heavy atom. The van der Waals surface area contributed by atoms with E-state index in [1.165, 1.54) is 11.1 Å². The van der Waals surface area contributed by atoms with E-state index >= 15 is 0 Å². The van der Waals surface area contributed by atoms with E-state index in [0.717, 1.165) is 22.7 Å². The van der Waals surface area contributed by atoms with Crippen LogP contribution in [0.15, 0.2) is 18.2 Å². The molecule has 2 rings (SSSR count). The summed E-state index contributed by atoms with van der Waals surface area (Å²) in [5.41, 5.74) is 11.8. The van der Waals surface area contributed by atoms with E-state index in [0.29, 0.717) is 13.2 Å². The molecule has 0 fully saturated rings. The average molecular weight is 287 g/mol. The van der Waals surface area contributed by atoms with Gasteiger partial charge in [-0.3, -0.25) is 4.68 Å². The van der Waals surface area contributed by atoms with Gasteiger partial charge in [-0.05, 0) is 51.0 Å². The fourth-order valence-electron chi connectivity index (χ4n) is 2.73. The van der Waals surface area contributed by atoms with Gasteiger partial charge in [-0.15, -0.1) is 0 Å². The molecule has 114 valence electrons. The zero-order chi connectivity index (χ0) is 15.6. The molecular formula is C17H25N3O. The van der Waals surface area contributed by atoms with Crippen LogP contribution in [0.25, 0.3) is 0 Å². The van der Waals surface area contributed by atoms with Crippen molar-refractivity contribution in [2.45, 2.75) is 33.6 Å². The molecule has 0 spiro atoms. The number of rotatable bonds is 5. The van der Waals surface area contributed by atoms with Crippen molar-refractivity contribution in [3.63, 3.8) is 0 Å². The Labute approximate surface area is 126 Å². The second-order valence-electron chi connectivity index (χ2n) is 5.53. The maximum Gasteiger partial charge on any atom is 0.123 e. The molecule has 1 aromatic carbocycles. The SMILES string of the molecule is CCOc1cc(C)c(C)cc1C(CN)c1cc(C)nn1C. The lowest BCUT2D eigenvalue weighted by Crippen LogP contribution is -2.18. The molecule has 0 aliphatic rings. The lowest BCUT2D eigenvalue weighted by molar-refractivity contribution is 0.334. The van der Waals surface area contributed by atoms with Crippen LogP contribution in [-0.2, 0) is 7.05 Å². The third kappa shape index (κ3) is 3.10. The minimum atomic E-state index is 0.0945. The number of hydrogen-bond acceptors (Lipinski definition) is 3. The van der Waals surface area contributed by atoms with Gasteiger partial charge in [-0.25, -0.2) is 0 Å². The summed E-state index contributed by atoms with van der Waals surface area (Å²) < 4.78 is 7.75. The summed E-state index contributed by atoms with van der Waals surface area (Å²) in [6.07, 6.45) is 0. The van der Waals surface area contributed by atoms with Crippen LogP contribution in [0.1, 0.15) is 40.9 Å². The quantitative estimate of drug-likeness (QED) is 0.920. The lowest BCUT2D eigenvalue weighted by Gasteiger charge is -2.21. The largest absolute Gasteiger partial charge is 0.494 e. The minimum absolute atomic E-state index is 0.0945. The zero-order valence-electron chi connectivity index (χ0n) is 13.6. The van der Waals surface area contributed by atoms with Crippen molar-refractivity contribution < 1.29 is 4.74 Å². The molecule has 0 aliphatic heterocycles. The first-order valence-electron chi connectivity index (χ1n) is 7.42.